The zero-order valence-corrected chi connectivity index (χ0v) is 14.6. The molecule has 0 amide bonds. The summed E-state index contributed by atoms with van der Waals surface area (Å²) < 4.78 is 0. The Kier molecular flexibility index (Phi) is 4.27. The minimum Gasteiger partial charge on any atom is -0.253 e. The number of nitrogens with zero attached hydrogens (tertiary/aromatic N) is 2. The Bertz CT molecular complexity index is 1030. The minimum absolute atomic E-state index is 0.785. The Morgan fingerprint density at radius 3 is 2.60 bits per heavy atom. The topological polar surface area (TPSA) is 37.3 Å². The van der Waals surface area contributed by atoms with Crippen molar-refractivity contribution < 1.29 is 0 Å². The number of thiazole rings is 1. The van der Waals surface area contributed by atoms with Gasteiger partial charge < -0.3 is 0 Å². The first-order chi connectivity index (χ1) is 12.3. The molecule has 0 atom stereocenters. The predicted molar refractivity (Wildman–Crippen MR) is 107 cm³/mol. The van der Waals surface area contributed by atoms with Crippen LogP contribution in [-0.4, -0.2) is 11.2 Å². The number of fused-ring (bicyclic) bond motifs is 1. The summed E-state index contributed by atoms with van der Waals surface area (Å²) in [6, 6.07) is 23.0. The second-order valence-electron chi connectivity index (χ2n) is 5.88. The van der Waals surface area contributed by atoms with Gasteiger partial charge in [-0.1, -0.05) is 66.2 Å². The molecule has 3 aromatic carbocycles. The van der Waals surface area contributed by atoms with Gasteiger partial charge in [-0.3, -0.25) is 5.43 Å². The molecule has 0 radical (unpaired) electrons. The molecule has 0 unspecified atom stereocenters. The highest BCUT2D eigenvalue weighted by Crippen LogP contribution is 2.25. The maximum absolute atomic E-state index is 4.58. The number of benzene rings is 3. The van der Waals surface area contributed by atoms with Crippen molar-refractivity contribution in [2.45, 2.75) is 6.92 Å². The highest BCUT2D eigenvalue weighted by atomic mass is 32.1. The van der Waals surface area contributed by atoms with Crippen LogP contribution in [0.15, 0.2) is 77.2 Å². The molecule has 0 spiro atoms. The molecule has 0 fully saturated rings. The van der Waals surface area contributed by atoms with E-state index in [-0.39, 0.29) is 0 Å². The highest BCUT2D eigenvalue weighted by Gasteiger charge is 2.03. The van der Waals surface area contributed by atoms with E-state index in [4.69, 9.17) is 0 Å². The summed E-state index contributed by atoms with van der Waals surface area (Å²) >= 11 is 1.55. The summed E-state index contributed by atoms with van der Waals surface area (Å²) in [7, 11) is 0. The quantitative estimate of drug-likeness (QED) is 0.380. The summed E-state index contributed by atoms with van der Waals surface area (Å²) in [5.41, 5.74) is 7.41. The van der Waals surface area contributed by atoms with Crippen LogP contribution in [0.2, 0.25) is 0 Å². The van der Waals surface area contributed by atoms with Crippen LogP contribution in [-0.2, 0) is 0 Å². The molecule has 3 nitrogen and oxygen atoms in total. The van der Waals surface area contributed by atoms with Gasteiger partial charge in [0.2, 0.25) is 5.13 Å². The molecule has 0 aliphatic rings. The summed E-state index contributed by atoms with van der Waals surface area (Å²) in [5, 5.41) is 9.58. The summed E-state index contributed by atoms with van der Waals surface area (Å²) in [5.74, 6) is 0. The number of aromatic nitrogens is 1. The molecule has 1 heterocycles. The lowest BCUT2D eigenvalue weighted by molar-refractivity contribution is 1.29. The molecular formula is C21H17N3S. The van der Waals surface area contributed by atoms with Crippen molar-refractivity contribution >= 4 is 33.5 Å². The molecular weight excluding hydrogens is 326 g/mol. The van der Waals surface area contributed by atoms with E-state index in [0.717, 1.165) is 22.0 Å². The van der Waals surface area contributed by atoms with Gasteiger partial charge in [0.25, 0.3) is 0 Å². The van der Waals surface area contributed by atoms with E-state index in [9.17, 15) is 0 Å². The van der Waals surface area contributed by atoms with Crippen LogP contribution in [0.4, 0.5) is 5.13 Å². The van der Waals surface area contributed by atoms with Crippen LogP contribution in [0.25, 0.3) is 22.0 Å². The lowest BCUT2D eigenvalue weighted by Crippen LogP contribution is -1.90. The maximum Gasteiger partial charge on any atom is 0.203 e. The molecule has 0 saturated carbocycles. The van der Waals surface area contributed by atoms with Crippen molar-refractivity contribution in [3.63, 3.8) is 0 Å². The van der Waals surface area contributed by atoms with Crippen molar-refractivity contribution in [2.24, 2.45) is 5.10 Å². The first kappa shape index (κ1) is 15.5. The van der Waals surface area contributed by atoms with Crippen molar-refractivity contribution in [3.05, 3.63) is 83.2 Å². The lowest BCUT2D eigenvalue weighted by Gasteiger charge is -1.99. The van der Waals surface area contributed by atoms with Gasteiger partial charge in [-0.05, 0) is 29.3 Å². The summed E-state index contributed by atoms with van der Waals surface area (Å²) in [4.78, 5) is 4.58. The molecule has 0 bridgehead atoms. The molecule has 1 aromatic heterocycles. The molecule has 4 aromatic rings. The first-order valence-corrected chi connectivity index (χ1v) is 8.96. The molecule has 4 rings (SSSR count). The zero-order chi connectivity index (χ0) is 17.1. The summed E-state index contributed by atoms with van der Waals surface area (Å²) in [6.45, 7) is 2.08. The Balaban J connectivity index is 1.47. The van der Waals surface area contributed by atoms with Gasteiger partial charge >= 0.3 is 0 Å². The van der Waals surface area contributed by atoms with Crippen molar-refractivity contribution in [2.75, 3.05) is 5.43 Å². The van der Waals surface area contributed by atoms with E-state index in [0.29, 0.717) is 0 Å². The van der Waals surface area contributed by atoms with Crippen LogP contribution in [0.3, 0.4) is 0 Å². The van der Waals surface area contributed by atoms with E-state index in [1.54, 1.807) is 11.3 Å². The molecule has 0 aliphatic heterocycles. The van der Waals surface area contributed by atoms with E-state index in [1.807, 2.05) is 23.7 Å². The van der Waals surface area contributed by atoms with E-state index >= 15 is 0 Å². The normalized spacial score (nSPS) is 11.2. The van der Waals surface area contributed by atoms with Crippen molar-refractivity contribution in [1.29, 1.82) is 0 Å². The molecule has 0 aliphatic carbocycles. The highest BCUT2D eigenvalue weighted by molar-refractivity contribution is 7.14. The molecule has 0 saturated heterocycles. The Hall–Kier alpha value is -2.98. The minimum atomic E-state index is 0.785. The number of hydrogen-bond donors (Lipinski definition) is 1. The number of anilines is 1. The number of nitrogens with one attached hydrogen (secondary N) is 1. The Morgan fingerprint density at radius 2 is 1.76 bits per heavy atom. The van der Waals surface area contributed by atoms with Crippen LogP contribution in [0, 0.1) is 6.92 Å². The first-order valence-electron chi connectivity index (χ1n) is 8.08. The average Bonchev–Trinajstić information content (AvgIpc) is 3.11. The fourth-order valence-electron chi connectivity index (χ4n) is 2.63. The second kappa shape index (κ2) is 6.87. The fourth-order valence-corrected chi connectivity index (χ4v) is 3.30. The van der Waals surface area contributed by atoms with Gasteiger partial charge in [-0.15, -0.1) is 11.3 Å². The second-order valence-corrected chi connectivity index (χ2v) is 6.74. The summed E-state index contributed by atoms with van der Waals surface area (Å²) in [6.07, 6.45) is 1.82. The van der Waals surface area contributed by atoms with Crippen molar-refractivity contribution in [3.8, 4) is 11.3 Å². The monoisotopic (exact) mass is 343 g/mol. The number of hydrogen-bond acceptors (Lipinski definition) is 4. The van der Waals surface area contributed by atoms with E-state index in [1.165, 1.54) is 16.3 Å². The van der Waals surface area contributed by atoms with E-state index < -0.39 is 0 Å². The smallest absolute Gasteiger partial charge is 0.203 e. The van der Waals surface area contributed by atoms with Crippen LogP contribution in [0.5, 0.6) is 0 Å². The molecule has 4 heteroatoms. The third-order valence-electron chi connectivity index (χ3n) is 4.00. The molecule has 25 heavy (non-hydrogen) atoms. The predicted octanol–water partition coefficient (Wildman–Crippen LogP) is 5.72. The zero-order valence-electron chi connectivity index (χ0n) is 13.8. The van der Waals surface area contributed by atoms with Crippen LogP contribution >= 0.6 is 11.3 Å². The Labute approximate surface area is 150 Å². The largest absolute Gasteiger partial charge is 0.253 e. The van der Waals surface area contributed by atoms with Gasteiger partial charge in [0.05, 0.1) is 11.9 Å². The standard InChI is InChI=1S/C21H17N3S/c1-15-6-9-18(10-7-15)20-14-25-21(23-20)24-22-13-16-8-11-17-4-2-3-5-19(17)12-16/h2-14H,1H3,(H,23,24)/b22-13+. The lowest BCUT2D eigenvalue weighted by atomic mass is 10.1. The number of aryl methyl sites for hydroxylation is 1. The van der Waals surface area contributed by atoms with Gasteiger partial charge in [0.15, 0.2) is 0 Å². The molecule has 122 valence electrons. The average molecular weight is 343 g/mol. The van der Waals surface area contributed by atoms with Crippen LogP contribution < -0.4 is 5.43 Å². The number of hydrazone groups is 1. The SMILES string of the molecule is Cc1ccc(-c2csc(N/N=C/c3ccc4ccccc4c3)n2)cc1. The number of rotatable bonds is 4. The van der Waals surface area contributed by atoms with Gasteiger partial charge in [0.1, 0.15) is 0 Å². The van der Waals surface area contributed by atoms with Crippen molar-refractivity contribution in [1.82, 2.24) is 4.98 Å². The maximum atomic E-state index is 4.58. The third-order valence-corrected chi connectivity index (χ3v) is 4.75. The molecule has 1 N–H and O–H groups in total. The van der Waals surface area contributed by atoms with Crippen LogP contribution in [0.1, 0.15) is 11.1 Å². The van der Waals surface area contributed by atoms with Gasteiger partial charge in [-0.2, -0.15) is 5.10 Å². The van der Waals surface area contributed by atoms with Gasteiger partial charge in [-0.25, -0.2) is 4.98 Å². The Morgan fingerprint density at radius 1 is 0.960 bits per heavy atom. The van der Waals surface area contributed by atoms with E-state index in [2.05, 4.69) is 77.0 Å². The van der Waals surface area contributed by atoms with Gasteiger partial charge in [0, 0.05) is 10.9 Å². The third kappa shape index (κ3) is 3.59. The fraction of sp³-hybridized carbons (Fsp3) is 0.0476.